The zero-order valence-corrected chi connectivity index (χ0v) is 11.5. The molecule has 0 spiro atoms. The highest BCUT2D eigenvalue weighted by atomic mass is 35.5. The van der Waals surface area contributed by atoms with Gasteiger partial charge in [0.15, 0.2) is 5.78 Å². The molecule has 1 nitrogen and oxygen atoms in total. The molecule has 16 heavy (non-hydrogen) atoms. The molecule has 0 radical (unpaired) electrons. The van der Waals surface area contributed by atoms with Gasteiger partial charge >= 0.3 is 0 Å². The summed E-state index contributed by atoms with van der Waals surface area (Å²) < 4.78 is 0. The SMILES string of the molecule is O=C(c1c(Cl)cccc1Cl)C1(P)CCCC1. The lowest BCUT2D eigenvalue weighted by atomic mass is 9.95. The van der Waals surface area contributed by atoms with Gasteiger partial charge in [0.1, 0.15) is 0 Å². The van der Waals surface area contributed by atoms with Crippen LogP contribution in [-0.4, -0.2) is 10.9 Å². The maximum atomic E-state index is 12.4. The summed E-state index contributed by atoms with van der Waals surface area (Å²) in [5.74, 6) is 0.0607. The van der Waals surface area contributed by atoms with Crippen LogP contribution in [0.25, 0.3) is 0 Å². The second-order valence-corrected chi connectivity index (χ2v) is 6.21. The molecule has 1 aromatic carbocycles. The molecular formula is C12H13Cl2OP. The second kappa shape index (κ2) is 4.64. The Balaban J connectivity index is 2.41. The third kappa shape index (κ3) is 2.14. The van der Waals surface area contributed by atoms with E-state index < -0.39 is 0 Å². The molecule has 1 aliphatic rings. The highest BCUT2D eigenvalue weighted by Gasteiger charge is 2.38. The van der Waals surface area contributed by atoms with Crippen molar-refractivity contribution in [2.75, 3.05) is 0 Å². The molecule has 1 fully saturated rings. The fraction of sp³-hybridized carbons (Fsp3) is 0.417. The van der Waals surface area contributed by atoms with Crippen molar-refractivity contribution in [2.45, 2.75) is 30.8 Å². The molecule has 0 amide bonds. The standard InChI is InChI=1S/C12H13Cl2OP/c13-8-4-3-5-9(14)10(8)11(15)12(16)6-1-2-7-12/h3-5H,1-2,6-7,16H2. The summed E-state index contributed by atoms with van der Waals surface area (Å²) in [6.45, 7) is 0. The van der Waals surface area contributed by atoms with Gasteiger partial charge < -0.3 is 0 Å². The normalized spacial score (nSPS) is 18.7. The van der Waals surface area contributed by atoms with Crippen LogP contribution < -0.4 is 0 Å². The molecule has 0 bridgehead atoms. The van der Waals surface area contributed by atoms with Crippen molar-refractivity contribution in [2.24, 2.45) is 0 Å². The third-order valence-corrected chi connectivity index (χ3v) is 4.61. The van der Waals surface area contributed by atoms with E-state index in [9.17, 15) is 4.79 Å². The Bertz CT molecular complexity index is 405. The number of rotatable bonds is 2. The minimum Gasteiger partial charge on any atom is -0.293 e. The fourth-order valence-corrected chi connectivity index (χ4v) is 3.32. The van der Waals surface area contributed by atoms with Gasteiger partial charge in [-0.3, -0.25) is 4.79 Å². The van der Waals surface area contributed by atoms with Crippen molar-refractivity contribution >= 4 is 38.2 Å². The van der Waals surface area contributed by atoms with Crippen molar-refractivity contribution in [3.63, 3.8) is 0 Å². The molecule has 1 unspecified atom stereocenters. The molecule has 1 atom stereocenters. The molecule has 0 N–H and O–H groups in total. The first-order chi connectivity index (χ1) is 7.54. The van der Waals surface area contributed by atoms with Crippen molar-refractivity contribution in [1.82, 2.24) is 0 Å². The summed E-state index contributed by atoms with van der Waals surface area (Å²) in [5, 5.41) is 0.548. The van der Waals surface area contributed by atoms with E-state index in [1.807, 2.05) is 0 Å². The van der Waals surface area contributed by atoms with E-state index in [4.69, 9.17) is 23.2 Å². The highest BCUT2D eigenvalue weighted by Crippen LogP contribution is 2.42. The van der Waals surface area contributed by atoms with Gasteiger partial charge in [0.25, 0.3) is 0 Å². The number of carbonyl (C=O) groups excluding carboxylic acids is 1. The summed E-state index contributed by atoms with van der Waals surface area (Å²) in [5.41, 5.74) is 0.475. The van der Waals surface area contributed by atoms with Crippen LogP contribution >= 0.6 is 32.4 Å². The number of hydrogen-bond acceptors (Lipinski definition) is 1. The maximum Gasteiger partial charge on any atom is 0.175 e. The van der Waals surface area contributed by atoms with E-state index in [1.165, 1.54) is 0 Å². The largest absolute Gasteiger partial charge is 0.293 e. The summed E-state index contributed by atoms with van der Waals surface area (Å²) in [4.78, 5) is 12.4. The van der Waals surface area contributed by atoms with E-state index in [0.717, 1.165) is 25.7 Å². The van der Waals surface area contributed by atoms with Crippen molar-refractivity contribution in [3.05, 3.63) is 33.8 Å². The Morgan fingerprint density at radius 2 is 1.69 bits per heavy atom. The van der Waals surface area contributed by atoms with E-state index in [-0.39, 0.29) is 10.9 Å². The minimum atomic E-state index is -0.353. The van der Waals surface area contributed by atoms with Crippen LogP contribution in [0, 0.1) is 0 Å². The maximum absolute atomic E-state index is 12.4. The molecular weight excluding hydrogens is 262 g/mol. The molecule has 1 aliphatic carbocycles. The first-order valence-corrected chi connectivity index (χ1v) is 6.66. The molecule has 86 valence electrons. The lowest BCUT2D eigenvalue weighted by molar-refractivity contribution is 0.0944. The van der Waals surface area contributed by atoms with Gasteiger partial charge in [-0.1, -0.05) is 42.1 Å². The van der Waals surface area contributed by atoms with Crippen LogP contribution in [0.5, 0.6) is 0 Å². The van der Waals surface area contributed by atoms with E-state index in [1.54, 1.807) is 18.2 Å². The van der Waals surface area contributed by atoms with Crippen LogP contribution in [0.3, 0.4) is 0 Å². The van der Waals surface area contributed by atoms with Crippen molar-refractivity contribution in [3.8, 4) is 0 Å². The third-order valence-electron chi connectivity index (χ3n) is 3.14. The monoisotopic (exact) mass is 274 g/mol. The van der Waals surface area contributed by atoms with Gasteiger partial charge in [-0.05, 0) is 25.0 Å². The molecule has 1 aromatic rings. The fourth-order valence-electron chi connectivity index (χ4n) is 2.20. The lowest BCUT2D eigenvalue weighted by Gasteiger charge is -2.22. The van der Waals surface area contributed by atoms with Gasteiger partial charge in [-0.2, -0.15) is 0 Å². The quantitative estimate of drug-likeness (QED) is 0.578. The summed E-state index contributed by atoms with van der Waals surface area (Å²) in [6, 6.07) is 5.18. The van der Waals surface area contributed by atoms with E-state index in [2.05, 4.69) is 9.24 Å². The van der Waals surface area contributed by atoms with Gasteiger partial charge in [-0.15, -0.1) is 9.24 Å². The van der Waals surface area contributed by atoms with Gasteiger partial charge in [0.05, 0.1) is 15.6 Å². The number of ketones is 1. The lowest BCUT2D eigenvalue weighted by Crippen LogP contribution is -2.28. The molecule has 0 aromatic heterocycles. The Kier molecular flexibility index (Phi) is 3.59. The highest BCUT2D eigenvalue weighted by molar-refractivity contribution is 7.21. The van der Waals surface area contributed by atoms with Crippen LogP contribution in [0.1, 0.15) is 36.0 Å². The molecule has 2 rings (SSSR count). The zero-order valence-electron chi connectivity index (χ0n) is 8.80. The molecule has 0 saturated heterocycles. The number of Topliss-reactive ketones (excluding diaryl/α,β-unsaturated/α-hetero) is 1. The van der Waals surface area contributed by atoms with Crippen LogP contribution in [-0.2, 0) is 0 Å². The Labute approximate surface area is 108 Å². The van der Waals surface area contributed by atoms with Gasteiger partial charge in [-0.25, -0.2) is 0 Å². The summed E-state index contributed by atoms with van der Waals surface area (Å²) in [6.07, 6.45) is 3.99. The summed E-state index contributed by atoms with van der Waals surface area (Å²) in [7, 11) is 2.70. The van der Waals surface area contributed by atoms with Crippen LogP contribution in [0.2, 0.25) is 10.0 Å². The van der Waals surface area contributed by atoms with E-state index in [0.29, 0.717) is 15.6 Å². The number of benzene rings is 1. The molecule has 4 heteroatoms. The first-order valence-electron chi connectivity index (χ1n) is 5.32. The van der Waals surface area contributed by atoms with Gasteiger partial charge in [0.2, 0.25) is 0 Å². The Morgan fingerprint density at radius 3 is 2.19 bits per heavy atom. The first kappa shape index (κ1) is 12.4. The molecule has 0 heterocycles. The average molecular weight is 275 g/mol. The minimum absolute atomic E-state index is 0.0607. The molecule has 0 aliphatic heterocycles. The van der Waals surface area contributed by atoms with Crippen LogP contribution in [0.4, 0.5) is 0 Å². The Morgan fingerprint density at radius 1 is 1.19 bits per heavy atom. The average Bonchev–Trinajstić information content (AvgIpc) is 2.66. The van der Waals surface area contributed by atoms with Gasteiger partial charge in [0, 0.05) is 5.16 Å². The predicted octanol–water partition coefficient (Wildman–Crippen LogP) is 4.36. The second-order valence-electron chi connectivity index (χ2n) is 4.29. The number of hydrogen-bond donors (Lipinski definition) is 0. The molecule has 1 saturated carbocycles. The van der Waals surface area contributed by atoms with Crippen molar-refractivity contribution in [1.29, 1.82) is 0 Å². The summed E-state index contributed by atoms with van der Waals surface area (Å²) >= 11 is 12.1. The van der Waals surface area contributed by atoms with Crippen LogP contribution in [0.15, 0.2) is 18.2 Å². The van der Waals surface area contributed by atoms with E-state index >= 15 is 0 Å². The number of carbonyl (C=O) groups is 1. The Hall–Kier alpha value is -0.100. The predicted molar refractivity (Wildman–Crippen MR) is 71.7 cm³/mol. The topological polar surface area (TPSA) is 17.1 Å². The number of halogens is 2. The van der Waals surface area contributed by atoms with Crippen molar-refractivity contribution < 1.29 is 4.79 Å². The smallest absolute Gasteiger partial charge is 0.175 e. The zero-order chi connectivity index (χ0) is 11.8.